The smallest absolute Gasteiger partial charge is 0.119 e. The first kappa shape index (κ1) is 26.0. The molecule has 1 fully saturated rings. The molecular weight excluding hydrogens is 454 g/mol. The van der Waals surface area contributed by atoms with Crippen LogP contribution in [0.15, 0.2) is 78.9 Å². The summed E-state index contributed by atoms with van der Waals surface area (Å²) in [7, 11) is 0. The molecule has 0 heterocycles. The molecule has 36 heavy (non-hydrogen) atoms. The van der Waals surface area contributed by atoms with E-state index in [2.05, 4.69) is 29.6 Å². The van der Waals surface area contributed by atoms with Gasteiger partial charge < -0.3 is 29.4 Å². The van der Waals surface area contributed by atoms with Crippen molar-refractivity contribution in [3.63, 3.8) is 0 Å². The second kappa shape index (κ2) is 14.5. The summed E-state index contributed by atoms with van der Waals surface area (Å²) in [5.74, 6) is 2.31. The molecule has 4 rings (SSSR count). The van der Waals surface area contributed by atoms with Crippen molar-refractivity contribution in [1.82, 2.24) is 5.32 Å². The molecule has 0 amide bonds. The molecule has 1 aliphatic carbocycles. The predicted octanol–water partition coefficient (Wildman–Crippen LogP) is 5.10. The highest BCUT2D eigenvalue weighted by Crippen LogP contribution is 2.23. The highest BCUT2D eigenvalue weighted by molar-refractivity contribution is 5.63. The Morgan fingerprint density at radius 1 is 0.694 bits per heavy atom. The first-order valence-electron chi connectivity index (χ1n) is 12.9. The van der Waals surface area contributed by atoms with Gasteiger partial charge in [0.1, 0.15) is 43.2 Å². The molecule has 0 spiro atoms. The van der Waals surface area contributed by atoms with Crippen LogP contribution in [0.4, 0.5) is 0 Å². The molecule has 6 nitrogen and oxygen atoms in total. The van der Waals surface area contributed by atoms with Gasteiger partial charge in [-0.2, -0.15) is 0 Å². The second-order valence-electron chi connectivity index (χ2n) is 9.00. The van der Waals surface area contributed by atoms with Gasteiger partial charge in [0.25, 0.3) is 0 Å². The number of hydrogen-bond donors (Lipinski definition) is 2. The van der Waals surface area contributed by atoms with Crippen molar-refractivity contribution < 1.29 is 24.1 Å². The van der Waals surface area contributed by atoms with E-state index in [1.54, 1.807) is 0 Å². The number of benzene rings is 3. The van der Waals surface area contributed by atoms with Crippen LogP contribution in [0.2, 0.25) is 0 Å². The Morgan fingerprint density at radius 3 is 1.97 bits per heavy atom. The molecular formula is C30H37NO5. The van der Waals surface area contributed by atoms with Gasteiger partial charge in [-0.1, -0.05) is 55.3 Å². The molecule has 0 bridgehead atoms. The fourth-order valence-corrected chi connectivity index (χ4v) is 4.20. The lowest BCUT2D eigenvalue weighted by Crippen LogP contribution is -2.33. The molecule has 3 aromatic carbocycles. The van der Waals surface area contributed by atoms with Gasteiger partial charge in [0.2, 0.25) is 0 Å². The first-order chi connectivity index (χ1) is 17.8. The van der Waals surface area contributed by atoms with Gasteiger partial charge in [-0.15, -0.1) is 0 Å². The van der Waals surface area contributed by atoms with Crippen LogP contribution < -0.4 is 19.5 Å². The van der Waals surface area contributed by atoms with Crippen LogP contribution in [0.25, 0.3) is 11.1 Å². The standard InChI is InChI=1S/C30H37NO5/c32-26(22-31-18-19-33-28-12-10-25(11-13-28)24-6-2-1-3-7-24)23-36-30-16-14-29(15-17-30)35-21-20-34-27-8-4-5-9-27/h1-3,6-7,10-17,26-27,31-32H,4-5,8-9,18-23H2. The zero-order valence-corrected chi connectivity index (χ0v) is 20.8. The summed E-state index contributed by atoms with van der Waals surface area (Å²) >= 11 is 0. The first-order valence-corrected chi connectivity index (χ1v) is 12.9. The minimum Gasteiger partial charge on any atom is -0.492 e. The van der Waals surface area contributed by atoms with Crippen molar-refractivity contribution in [2.24, 2.45) is 0 Å². The van der Waals surface area contributed by atoms with Gasteiger partial charge in [0, 0.05) is 13.1 Å². The zero-order chi connectivity index (χ0) is 24.8. The van der Waals surface area contributed by atoms with Gasteiger partial charge >= 0.3 is 0 Å². The number of ether oxygens (including phenoxy) is 4. The number of hydrogen-bond acceptors (Lipinski definition) is 6. The fraction of sp³-hybridized carbons (Fsp3) is 0.400. The van der Waals surface area contributed by atoms with Crippen LogP contribution in [0, 0.1) is 0 Å². The highest BCUT2D eigenvalue weighted by atomic mass is 16.5. The van der Waals surface area contributed by atoms with Gasteiger partial charge in [0.05, 0.1) is 12.7 Å². The predicted molar refractivity (Wildman–Crippen MR) is 142 cm³/mol. The highest BCUT2D eigenvalue weighted by Gasteiger charge is 2.14. The Morgan fingerprint density at radius 2 is 1.28 bits per heavy atom. The average Bonchev–Trinajstić information content (AvgIpc) is 3.45. The van der Waals surface area contributed by atoms with Gasteiger partial charge in [0.15, 0.2) is 0 Å². The number of nitrogens with one attached hydrogen (secondary N) is 1. The largest absolute Gasteiger partial charge is 0.492 e. The molecule has 1 atom stereocenters. The van der Waals surface area contributed by atoms with Crippen molar-refractivity contribution in [3.05, 3.63) is 78.9 Å². The van der Waals surface area contributed by atoms with Gasteiger partial charge in [-0.25, -0.2) is 0 Å². The number of rotatable bonds is 15. The summed E-state index contributed by atoms with van der Waals surface area (Å²) in [6.07, 6.45) is 4.69. The lowest BCUT2D eigenvalue weighted by Gasteiger charge is -2.14. The van der Waals surface area contributed by atoms with E-state index in [1.807, 2.05) is 54.6 Å². The molecule has 0 radical (unpaired) electrons. The number of aliphatic hydroxyl groups is 1. The Hall–Kier alpha value is -3.06. The summed E-state index contributed by atoms with van der Waals surface area (Å²) in [4.78, 5) is 0. The van der Waals surface area contributed by atoms with Crippen LogP contribution in [0.3, 0.4) is 0 Å². The topological polar surface area (TPSA) is 69.2 Å². The maximum atomic E-state index is 10.2. The Balaban J connectivity index is 1.04. The molecule has 3 aromatic rings. The van der Waals surface area contributed by atoms with E-state index in [4.69, 9.17) is 18.9 Å². The Kier molecular flexibility index (Phi) is 10.5. The van der Waals surface area contributed by atoms with Gasteiger partial charge in [-0.05, 0) is 60.4 Å². The lowest BCUT2D eigenvalue weighted by molar-refractivity contribution is 0.0382. The second-order valence-corrected chi connectivity index (χ2v) is 9.00. The van der Waals surface area contributed by atoms with E-state index >= 15 is 0 Å². The van der Waals surface area contributed by atoms with E-state index in [0.29, 0.717) is 44.8 Å². The monoisotopic (exact) mass is 491 g/mol. The quantitative estimate of drug-likeness (QED) is 0.288. The van der Waals surface area contributed by atoms with E-state index < -0.39 is 6.10 Å². The molecule has 6 heteroatoms. The van der Waals surface area contributed by atoms with Crippen molar-refractivity contribution >= 4 is 0 Å². The Bertz CT molecular complexity index is 988. The lowest BCUT2D eigenvalue weighted by atomic mass is 10.1. The summed E-state index contributed by atoms with van der Waals surface area (Å²) in [6, 6.07) is 25.8. The van der Waals surface area contributed by atoms with Crippen molar-refractivity contribution in [2.45, 2.75) is 37.9 Å². The van der Waals surface area contributed by atoms with E-state index in [-0.39, 0.29) is 6.61 Å². The average molecular weight is 492 g/mol. The van der Waals surface area contributed by atoms with Crippen LogP contribution in [0.1, 0.15) is 25.7 Å². The van der Waals surface area contributed by atoms with E-state index in [1.165, 1.54) is 31.2 Å². The SMILES string of the molecule is OC(CNCCOc1ccc(-c2ccccc2)cc1)COc1ccc(OCCOC2CCCC2)cc1. The van der Waals surface area contributed by atoms with Crippen LogP contribution >= 0.6 is 0 Å². The van der Waals surface area contributed by atoms with Crippen LogP contribution in [-0.4, -0.2) is 56.8 Å². The van der Waals surface area contributed by atoms with Crippen LogP contribution in [-0.2, 0) is 4.74 Å². The fourth-order valence-electron chi connectivity index (χ4n) is 4.20. The normalized spacial score (nSPS) is 14.5. The molecule has 0 aromatic heterocycles. The molecule has 0 aliphatic heterocycles. The molecule has 1 unspecified atom stereocenters. The maximum Gasteiger partial charge on any atom is 0.119 e. The van der Waals surface area contributed by atoms with E-state index in [9.17, 15) is 5.11 Å². The third kappa shape index (κ3) is 8.86. The third-order valence-corrected chi connectivity index (χ3v) is 6.16. The molecule has 1 saturated carbocycles. The van der Waals surface area contributed by atoms with Crippen molar-refractivity contribution in [1.29, 1.82) is 0 Å². The zero-order valence-electron chi connectivity index (χ0n) is 20.8. The molecule has 0 saturated heterocycles. The summed E-state index contributed by atoms with van der Waals surface area (Å²) in [5, 5.41) is 13.4. The molecule has 192 valence electrons. The minimum atomic E-state index is -0.612. The third-order valence-electron chi connectivity index (χ3n) is 6.16. The summed E-state index contributed by atoms with van der Waals surface area (Å²) < 4.78 is 23.0. The van der Waals surface area contributed by atoms with Crippen LogP contribution in [0.5, 0.6) is 17.2 Å². The summed E-state index contributed by atoms with van der Waals surface area (Å²) in [5.41, 5.74) is 2.35. The molecule has 2 N–H and O–H groups in total. The van der Waals surface area contributed by atoms with Gasteiger partial charge in [-0.3, -0.25) is 0 Å². The maximum absolute atomic E-state index is 10.2. The molecule has 1 aliphatic rings. The summed E-state index contributed by atoms with van der Waals surface area (Å²) in [6.45, 7) is 2.96. The Labute approximate surface area is 214 Å². The van der Waals surface area contributed by atoms with E-state index in [0.717, 1.165) is 17.1 Å². The minimum absolute atomic E-state index is 0.213. The number of aliphatic hydroxyl groups excluding tert-OH is 1. The van der Waals surface area contributed by atoms with Crippen molar-refractivity contribution in [2.75, 3.05) is 39.5 Å². The van der Waals surface area contributed by atoms with Crippen molar-refractivity contribution in [3.8, 4) is 28.4 Å².